The highest BCUT2D eigenvalue weighted by Crippen LogP contribution is 2.53. The Morgan fingerprint density at radius 3 is 2.38 bits per heavy atom. The molecule has 2 atom stereocenters. The Labute approximate surface area is 202 Å². The molecular formula is C24H32N2O6S2. The fourth-order valence-electron chi connectivity index (χ4n) is 5.75. The maximum Gasteiger partial charge on any atom is 0.265 e. The molecular weight excluding hydrogens is 476 g/mol. The molecule has 8 nitrogen and oxygen atoms in total. The van der Waals surface area contributed by atoms with Crippen LogP contribution >= 0.6 is 0 Å². The van der Waals surface area contributed by atoms with Crippen LogP contribution in [0.5, 0.6) is 11.5 Å². The van der Waals surface area contributed by atoms with Gasteiger partial charge in [0.1, 0.15) is 16.4 Å². The third-order valence-electron chi connectivity index (χ3n) is 6.72. The molecule has 10 heteroatoms. The van der Waals surface area contributed by atoms with Gasteiger partial charge in [0.25, 0.3) is 10.0 Å². The minimum atomic E-state index is -4.07. The molecule has 2 aromatic carbocycles. The van der Waals surface area contributed by atoms with E-state index in [1.165, 1.54) is 44.6 Å². The van der Waals surface area contributed by atoms with Crippen LogP contribution in [-0.4, -0.2) is 47.9 Å². The van der Waals surface area contributed by atoms with Crippen molar-refractivity contribution in [1.82, 2.24) is 4.31 Å². The Morgan fingerprint density at radius 1 is 0.971 bits per heavy atom. The molecule has 1 aliphatic heterocycles. The second kappa shape index (κ2) is 8.42. The molecule has 34 heavy (non-hydrogen) atoms. The van der Waals surface area contributed by atoms with Crippen LogP contribution in [0.2, 0.25) is 0 Å². The zero-order valence-corrected chi connectivity index (χ0v) is 21.8. The van der Waals surface area contributed by atoms with Gasteiger partial charge in [-0.15, -0.1) is 0 Å². The highest BCUT2D eigenvalue weighted by Gasteiger charge is 2.53. The molecule has 2 fully saturated rings. The van der Waals surface area contributed by atoms with Gasteiger partial charge < -0.3 is 9.47 Å². The van der Waals surface area contributed by atoms with E-state index in [4.69, 9.17) is 9.47 Å². The van der Waals surface area contributed by atoms with E-state index in [-0.39, 0.29) is 38.1 Å². The van der Waals surface area contributed by atoms with Gasteiger partial charge in [-0.3, -0.25) is 4.72 Å². The maximum absolute atomic E-state index is 13.6. The lowest BCUT2D eigenvalue weighted by Crippen LogP contribution is -2.37. The van der Waals surface area contributed by atoms with E-state index < -0.39 is 20.0 Å². The number of anilines is 1. The van der Waals surface area contributed by atoms with Gasteiger partial charge in [0.2, 0.25) is 10.0 Å². The predicted molar refractivity (Wildman–Crippen MR) is 130 cm³/mol. The summed E-state index contributed by atoms with van der Waals surface area (Å²) in [5, 5.41) is 0. The smallest absolute Gasteiger partial charge is 0.265 e. The number of hydrogen-bond acceptors (Lipinski definition) is 6. The molecule has 1 aliphatic carbocycles. The van der Waals surface area contributed by atoms with E-state index >= 15 is 0 Å². The van der Waals surface area contributed by atoms with Gasteiger partial charge in [-0.2, -0.15) is 4.31 Å². The molecule has 0 aromatic heterocycles. The maximum atomic E-state index is 13.6. The van der Waals surface area contributed by atoms with Crippen molar-refractivity contribution in [1.29, 1.82) is 0 Å². The minimum Gasteiger partial charge on any atom is -0.497 e. The third-order valence-corrected chi connectivity index (χ3v) is 10.0. The van der Waals surface area contributed by atoms with Crippen molar-refractivity contribution < 1.29 is 26.3 Å². The first-order chi connectivity index (χ1) is 15.8. The number of rotatable bonds is 7. The Hall–Kier alpha value is -2.30. The third kappa shape index (κ3) is 4.63. The summed E-state index contributed by atoms with van der Waals surface area (Å²) < 4.78 is 67.9. The summed E-state index contributed by atoms with van der Waals surface area (Å²) in [5.41, 5.74) is 0.177. The van der Waals surface area contributed by atoms with E-state index in [0.717, 1.165) is 19.3 Å². The van der Waals surface area contributed by atoms with Gasteiger partial charge in [-0.05, 0) is 60.4 Å². The van der Waals surface area contributed by atoms with E-state index in [9.17, 15) is 16.8 Å². The summed E-state index contributed by atoms with van der Waals surface area (Å²) in [4.78, 5) is -0.0367. The lowest BCUT2D eigenvalue weighted by Gasteiger charge is -2.39. The van der Waals surface area contributed by atoms with E-state index in [1.54, 1.807) is 16.4 Å². The predicted octanol–water partition coefficient (Wildman–Crippen LogP) is 4.09. The van der Waals surface area contributed by atoms with Crippen LogP contribution in [0.1, 0.15) is 40.0 Å². The fourth-order valence-corrected chi connectivity index (χ4v) is 8.80. The number of nitrogens with one attached hydrogen (secondary N) is 1. The number of fused-ring (bicyclic) bond motifs is 2. The number of hydrogen-bond donors (Lipinski definition) is 1. The molecule has 2 aromatic rings. The van der Waals surface area contributed by atoms with Gasteiger partial charge >= 0.3 is 0 Å². The van der Waals surface area contributed by atoms with Crippen LogP contribution in [0.15, 0.2) is 52.3 Å². The van der Waals surface area contributed by atoms with Crippen LogP contribution in [-0.2, 0) is 20.0 Å². The molecule has 2 bridgehead atoms. The lowest BCUT2D eigenvalue weighted by atomic mass is 9.65. The second-order valence-electron chi connectivity index (χ2n) is 10.4. The summed E-state index contributed by atoms with van der Waals surface area (Å²) in [5.74, 6) is 0.506. The average molecular weight is 509 g/mol. The number of ether oxygens (including phenoxy) is 2. The van der Waals surface area contributed by atoms with Gasteiger partial charge in [0.15, 0.2) is 0 Å². The van der Waals surface area contributed by atoms with Gasteiger partial charge in [-0.25, -0.2) is 16.8 Å². The first kappa shape index (κ1) is 24.8. The van der Waals surface area contributed by atoms with Crippen molar-refractivity contribution >= 4 is 25.7 Å². The summed E-state index contributed by atoms with van der Waals surface area (Å²) in [6.07, 6.45) is 2.63. The highest BCUT2D eigenvalue weighted by molar-refractivity contribution is 7.92. The van der Waals surface area contributed by atoms with Gasteiger partial charge in [-0.1, -0.05) is 26.8 Å². The Morgan fingerprint density at radius 2 is 1.71 bits per heavy atom. The van der Waals surface area contributed by atoms with Crippen LogP contribution in [0.4, 0.5) is 5.69 Å². The topological polar surface area (TPSA) is 102 Å². The molecule has 0 unspecified atom stereocenters. The molecule has 1 N–H and O–H groups in total. The van der Waals surface area contributed by atoms with Crippen LogP contribution in [0, 0.1) is 10.8 Å². The number of methoxy groups -OCH3 is 2. The zero-order chi connectivity index (χ0) is 24.9. The van der Waals surface area contributed by atoms with Crippen LogP contribution < -0.4 is 14.2 Å². The number of benzene rings is 2. The van der Waals surface area contributed by atoms with Gasteiger partial charge in [0.05, 0.1) is 24.8 Å². The summed E-state index contributed by atoms with van der Waals surface area (Å²) >= 11 is 0. The molecule has 0 spiro atoms. The van der Waals surface area contributed by atoms with E-state index in [0.29, 0.717) is 12.3 Å². The lowest BCUT2D eigenvalue weighted by molar-refractivity contribution is 0.133. The Kier molecular flexibility index (Phi) is 6.15. The number of nitrogens with zero attached hydrogens (tertiary/aromatic N) is 1. The van der Waals surface area contributed by atoms with Crippen LogP contribution in [0.3, 0.4) is 0 Å². The first-order valence-electron chi connectivity index (χ1n) is 11.2. The highest BCUT2D eigenvalue weighted by atomic mass is 32.2. The largest absolute Gasteiger partial charge is 0.497 e. The molecule has 1 saturated carbocycles. The van der Waals surface area contributed by atoms with Crippen molar-refractivity contribution in [3.05, 3.63) is 42.5 Å². The molecule has 186 valence electrons. The average Bonchev–Trinajstić information content (AvgIpc) is 3.02. The second-order valence-corrected chi connectivity index (χ2v) is 14.0. The normalized spacial score (nSPS) is 24.6. The quantitative estimate of drug-likeness (QED) is 0.604. The van der Waals surface area contributed by atoms with E-state index in [1.807, 2.05) is 0 Å². The first-order valence-corrected chi connectivity index (χ1v) is 14.1. The van der Waals surface area contributed by atoms with Crippen molar-refractivity contribution in [2.75, 3.05) is 25.5 Å². The Balaban J connectivity index is 1.64. The SMILES string of the molecule is COc1ccc(OC)c(S(=O)(=O)Nc2cccc(S(=O)(=O)N3C[C@@]4(C)C[C@H]3CC(C)(C)C4)c2)c1. The zero-order valence-electron chi connectivity index (χ0n) is 20.2. The minimum absolute atomic E-state index is 0.0540. The van der Waals surface area contributed by atoms with Crippen molar-refractivity contribution in [2.45, 2.75) is 55.9 Å². The summed E-state index contributed by atoms with van der Waals surface area (Å²) in [6, 6.07) is 10.3. The van der Waals surface area contributed by atoms with Crippen molar-refractivity contribution in [3.8, 4) is 11.5 Å². The summed E-state index contributed by atoms with van der Waals surface area (Å²) in [7, 11) is -5.05. The Bertz CT molecular complexity index is 1310. The molecule has 0 amide bonds. The molecule has 1 heterocycles. The van der Waals surface area contributed by atoms with Crippen molar-refractivity contribution in [2.24, 2.45) is 10.8 Å². The molecule has 4 rings (SSSR count). The van der Waals surface area contributed by atoms with Crippen molar-refractivity contribution in [3.63, 3.8) is 0 Å². The fraction of sp³-hybridized carbons (Fsp3) is 0.500. The monoisotopic (exact) mass is 508 g/mol. The molecule has 1 saturated heterocycles. The summed E-state index contributed by atoms with van der Waals surface area (Å²) in [6.45, 7) is 7.01. The molecule has 2 aliphatic rings. The van der Waals surface area contributed by atoms with Crippen LogP contribution in [0.25, 0.3) is 0 Å². The number of sulfonamides is 2. The van der Waals surface area contributed by atoms with E-state index in [2.05, 4.69) is 25.5 Å². The van der Waals surface area contributed by atoms with Gasteiger partial charge in [0, 0.05) is 18.7 Å². The standard InChI is InChI=1S/C24H32N2O6S2/c1-23(2)13-18-14-24(3,15-23)16-26(18)34(29,30)20-8-6-7-17(11-20)25-33(27,28)22-12-19(31-4)9-10-21(22)32-5/h6-12,18,25H,13-16H2,1-5H3/t18-,24+/m1/s1. The molecule has 0 radical (unpaired) electrons.